The standard InChI is InChI=1S/C14H15N3O2/c1-9(2)10-3-5-11(6-4-10)16-14-15-8-7-12(17-14)13(18)19/h3-9H,1-2H3,(H,18,19)(H,15,16,17). The zero-order chi connectivity index (χ0) is 13.8. The van der Waals surface area contributed by atoms with E-state index in [-0.39, 0.29) is 11.6 Å². The van der Waals surface area contributed by atoms with Crippen LogP contribution in [-0.2, 0) is 0 Å². The van der Waals surface area contributed by atoms with Gasteiger partial charge in [-0.2, -0.15) is 0 Å². The minimum absolute atomic E-state index is 0.0312. The highest BCUT2D eigenvalue weighted by atomic mass is 16.4. The van der Waals surface area contributed by atoms with Crippen molar-refractivity contribution in [1.29, 1.82) is 0 Å². The van der Waals surface area contributed by atoms with Crippen LogP contribution in [0.15, 0.2) is 36.5 Å². The highest BCUT2D eigenvalue weighted by Gasteiger charge is 2.06. The summed E-state index contributed by atoms with van der Waals surface area (Å²) in [6.45, 7) is 4.25. The van der Waals surface area contributed by atoms with E-state index in [0.717, 1.165) is 5.69 Å². The van der Waals surface area contributed by atoms with Crippen LogP contribution in [0.25, 0.3) is 0 Å². The van der Waals surface area contributed by atoms with Gasteiger partial charge >= 0.3 is 5.97 Å². The maximum absolute atomic E-state index is 10.8. The number of hydrogen-bond acceptors (Lipinski definition) is 4. The number of nitrogens with zero attached hydrogens (tertiary/aromatic N) is 2. The number of rotatable bonds is 4. The lowest BCUT2D eigenvalue weighted by molar-refractivity contribution is 0.0690. The van der Waals surface area contributed by atoms with Crippen LogP contribution in [0, 0.1) is 0 Å². The van der Waals surface area contributed by atoms with Crippen molar-refractivity contribution in [2.24, 2.45) is 0 Å². The van der Waals surface area contributed by atoms with Gasteiger partial charge in [0.25, 0.3) is 0 Å². The summed E-state index contributed by atoms with van der Waals surface area (Å²) in [4.78, 5) is 18.7. The quantitative estimate of drug-likeness (QED) is 0.880. The van der Waals surface area contributed by atoms with E-state index in [1.165, 1.54) is 17.8 Å². The minimum atomic E-state index is -1.07. The number of nitrogens with one attached hydrogen (secondary N) is 1. The summed E-state index contributed by atoms with van der Waals surface area (Å²) in [6.07, 6.45) is 1.42. The molecule has 98 valence electrons. The van der Waals surface area contributed by atoms with Gasteiger partial charge in [0.1, 0.15) is 0 Å². The van der Waals surface area contributed by atoms with Crippen LogP contribution in [0.2, 0.25) is 0 Å². The van der Waals surface area contributed by atoms with Crippen LogP contribution in [0.5, 0.6) is 0 Å². The zero-order valence-electron chi connectivity index (χ0n) is 10.8. The number of hydrogen-bond donors (Lipinski definition) is 2. The summed E-state index contributed by atoms with van der Waals surface area (Å²) in [6, 6.07) is 9.25. The van der Waals surface area contributed by atoms with Crippen molar-refractivity contribution in [2.75, 3.05) is 5.32 Å². The Hall–Kier alpha value is -2.43. The molecule has 1 aromatic carbocycles. The molecule has 0 aliphatic heterocycles. The molecule has 0 radical (unpaired) electrons. The molecule has 1 aromatic heterocycles. The molecule has 0 atom stereocenters. The van der Waals surface area contributed by atoms with Crippen LogP contribution >= 0.6 is 0 Å². The van der Waals surface area contributed by atoms with Gasteiger partial charge in [-0.15, -0.1) is 0 Å². The number of carboxylic acid groups (broad SMARTS) is 1. The van der Waals surface area contributed by atoms with Gasteiger partial charge in [-0.25, -0.2) is 14.8 Å². The molecule has 0 saturated carbocycles. The van der Waals surface area contributed by atoms with Gasteiger partial charge in [0.2, 0.25) is 5.95 Å². The van der Waals surface area contributed by atoms with Gasteiger partial charge in [0.05, 0.1) is 0 Å². The molecule has 0 unspecified atom stereocenters. The molecule has 5 heteroatoms. The Morgan fingerprint density at radius 3 is 2.47 bits per heavy atom. The molecule has 0 saturated heterocycles. The SMILES string of the molecule is CC(C)c1ccc(Nc2nccc(C(=O)O)n2)cc1. The number of anilines is 2. The van der Waals surface area contributed by atoms with Gasteiger partial charge < -0.3 is 10.4 Å². The Bertz CT molecular complexity index is 579. The average molecular weight is 257 g/mol. The van der Waals surface area contributed by atoms with E-state index < -0.39 is 5.97 Å². The fraction of sp³-hybridized carbons (Fsp3) is 0.214. The van der Waals surface area contributed by atoms with Crippen molar-refractivity contribution in [2.45, 2.75) is 19.8 Å². The molecule has 0 aliphatic rings. The van der Waals surface area contributed by atoms with Crippen LogP contribution in [0.1, 0.15) is 35.8 Å². The normalized spacial score (nSPS) is 10.5. The topological polar surface area (TPSA) is 75.1 Å². The molecule has 19 heavy (non-hydrogen) atoms. The third-order valence-corrected chi connectivity index (χ3v) is 2.71. The van der Waals surface area contributed by atoms with E-state index in [9.17, 15) is 4.79 Å². The number of carbonyl (C=O) groups is 1. The van der Waals surface area contributed by atoms with Gasteiger partial charge in [-0.1, -0.05) is 26.0 Å². The Morgan fingerprint density at radius 1 is 1.21 bits per heavy atom. The Balaban J connectivity index is 2.16. The average Bonchev–Trinajstić information content (AvgIpc) is 2.39. The summed E-state index contributed by atoms with van der Waals surface area (Å²) < 4.78 is 0. The number of carboxylic acids is 1. The van der Waals surface area contributed by atoms with Gasteiger partial charge in [0, 0.05) is 11.9 Å². The monoisotopic (exact) mass is 257 g/mol. The number of benzene rings is 1. The first-order chi connectivity index (χ1) is 9.06. The maximum Gasteiger partial charge on any atom is 0.354 e. The van der Waals surface area contributed by atoms with Crippen molar-refractivity contribution in [1.82, 2.24) is 9.97 Å². The molecule has 5 nitrogen and oxygen atoms in total. The lowest BCUT2D eigenvalue weighted by atomic mass is 10.0. The Labute approximate surface area is 111 Å². The summed E-state index contributed by atoms with van der Waals surface area (Å²) >= 11 is 0. The van der Waals surface area contributed by atoms with E-state index in [2.05, 4.69) is 29.1 Å². The molecule has 2 N–H and O–H groups in total. The first kappa shape index (κ1) is 13.0. The predicted octanol–water partition coefficient (Wildman–Crippen LogP) is 3.04. The van der Waals surface area contributed by atoms with E-state index in [1.54, 1.807) is 0 Å². The molecule has 0 amide bonds. The van der Waals surface area contributed by atoms with Crippen LogP contribution < -0.4 is 5.32 Å². The molecule has 0 aliphatic carbocycles. The van der Waals surface area contributed by atoms with Crippen molar-refractivity contribution in [3.05, 3.63) is 47.8 Å². The van der Waals surface area contributed by atoms with Gasteiger partial charge in [-0.3, -0.25) is 0 Å². The lowest BCUT2D eigenvalue weighted by Crippen LogP contribution is -2.04. The fourth-order valence-corrected chi connectivity index (χ4v) is 1.62. The highest BCUT2D eigenvalue weighted by Crippen LogP contribution is 2.18. The maximum atomic E-state index is 10.8. The predicted molar refractivity (Wildman–Crippen MR) is 72.8 cm³/mol. The third-order valence-electron chi connectivity index (χ3n) is 2.71. The van der Waals surface area contributed by atoms with Gasteiger partial charge in [-0.05, 0) is 29.7 Å². The molecule has 0 spiro atoms. The molecule has 2 aromatic rings. The van der Waals surface area contributed by atoms with Crippen molar-refractivity contribution < 1.29 is 9.90 Å². The molecule has 1 heterocycles. The summed E-state index contributed by atoms with van der Waals surface area (Å²) in [5.74, 6) is -0.321. The van der Waals surface area contributed by atoms with Crippen molar-refractivity contribution in [3.63, 3.8) is 0 Å². The minimum Gasteiger partial charge on any atom is -0.477 e. The number of aromatic nitrogens is 2. The molecule has 0 bridgehead atoms. The van der Waals surface area contributed by atoms with E-state index in [4.69, 9.17) is 5.11 Å². The summed E-state index contributed by atoms with van der Waals surface area (Å²) in [5, 5.41) is 11.8. The van der Waals surface area contributed by atoms with Crippen LogP contribution in [0.3, 0.4) is 0 Å². The first-order valence-corrected chi connectivity index (χ1v) is 5.99. The number of aromatic carboxylic acids is 1. The smallest absolute Gasteiger partial charge is 0.354 e. The fourth-order valence-electron chi connectivity index (χ4n) is 1.62. The van der Waals surface area contributed by atoms with Crippen molar-refractivity contribution >= 4 is 17.6 Å². The summed E-state index contributed by atoms with van der Waals surface area (Å²) in [5.41, 5.74) is 2.04. The molecular formula is C14H15N3O2. The van der Waals surface area contributed by atoms with E-state index >= 15 is 0 Å². The second kappa shape index (κ2) is 5.48. The molecular weight excluding hydrogens is 242 g/mol. The van der Waals surface area contributed by atoms with E-state index in [1.807, 2.05) is 24.3 Å². The third kappa shape index (κ3) is 3.28. The second-order valence-corrected chi connectivity index (χ2v) is 4.47. The Kier molecular flexibility index (Phi) is 3.75. The Morgan fingerprint density at radius 2 is 1.89 bits per heavy atom. The molecule has 2 rings (SSSR count). The van der Waals surface area contributed by atoms with Crippen molar-refractivity contribution in [3.8, 4) is 0 Å². The zero-order valence-corrected chi connectivity index (χ0v) is 10.8. The highest BCUT2D eigenvalue weighted by molar-refractivity contribution is 5.85. The first-order valence-electron chi connectivity index (χ1n) is 5.99. The van der Waals surface area contributed by atoms with E-state index in [0.29, 0.717) is 5.92 Å². The van der Waals surface area contributed by atoms with Crippen LogP contribution in [0.4, 0.5) is 11.6 Å². The largest absolute Gasteiger partial charge is 0.477 e. The summed E-state index contributed by atoms with van der Waals surface area (Å²) in [7, 11) is 0. The second-order valence-electron chi connectivity index (χ2n) is 4.47. The van der Waals surface area contributed by atoms with Crippen LogP contribution in [-0.4, -0.2) is 21.0 Å². The van der Waals surface area contributed by atoms with Gasteiger partial charge in [0.15, 0.2) is 5.69 Å². The molecule has 0 fully saturated rings. The lowest BCUT2D eigenvalue weighted by Gasteiger charge is -2.08.